The van der Waals surface area contributed by atoms with Crippen LogP contribution in [0.4, 0.5) is 0 Å². The number of fused-ring (bicyclic) bond motifs is 1. The van der Waals surface area contributed by atoms with Crippen LogP contribution in [0.15, 0.2) is 72.2 Å². The van der Waals surface area contributed by atoms with Gasteiger partial charge in [0.25, 0.3) is 0 Å². The predicted octanol–water partition coefficient (Wildman–Crippen LogP) is 4.30. The highest BCUT2D eigenvalue weighted by molar-refractivity contribution is 5.80. The van der Waals surface area contributed by atoms with Gasteiger partial charge in [0.2, 0.25) is 0 Å². The Labute approximate surface area is 146 Å². The topological polar surface area (TPSA) is 56.0 Å². The summed E-state index contributed by atoms with van der Waals surface area (Å²) in [5.41, 5.74) is 5.49. The summed E-state index contributed by atoms with van der Waals surface area (Å²) in [4.78, 5) is 12.5. The van der Waals surface area contributed by atoms with Crippen LogP contribution in [-0.4, -0.2) is 26.5 Å². The zero-order valence-electron chi connectivity index (χ0n) is 14.1. The molecule has 0 radical (unpaired) electrons. The van der Waals surface area contributed by atoms with Gasteiger partial charge in [-0.25, -0.2) is 0 Å². The SMILES string of the molecule is C=Cc1cc(-c2ccc3nccnc3c2)n(C/C=C\C=C(\C)N=C)n1. The van der Waals surface area contributed by atoms with Crippen LogP contribution in [0.5, 0.6) is 0 Å². The van der Waals surface area contributed by atoms with Crippen molar-refractivity contribution < 1.29 is 0 Å². The van der Waals surface area contributed by atoms with E-state index < -0.39 is 0 Å². The predicted molar refractivity (Wildman–Crippen MR) is 103 cm³/mol. The van der Waals surface area contributed by atoms with E-state index in [1.165, 1.54) is 0 Å². The fraction of sp³-hybridized carbons (Fsp3) is 0.100. The van der Waals surface area contributed by atoms with Crippen LogP contribution in [0.3, 0.4) is 0 Å². The van der Waals surface area contributed by atoms with Crippen molar-refractivity contribution in [3.63, 3.8) is 0 Å². The summed E-state index contributed by atoms with van der Waals surface area (Å²) in [7, 11) is 0. The minimum absolute atomic E-state index is 0.641. The maximum atomic E-state index is 4.58. The number of hydrogen-bond donors (Lipinski definition) is 0. The van der Waals surface area contributed by atoms with Crippen molar-refractivity contribution in [1.29, 1.82) is 0 Å². The zero-order chi connectivity index (χ0) is 17.6. The van der Waals surface area contributed by atoms with Crippen molar-refractivity contribution in [2.45, 2.75) is 13.5 Å². The number of aliphatic imine (C=N–C) groups is 1. The lowest BCUT2D eigenvalue weighted by Crippen LogP contribution is -2.00. The van der Waals surface area contributed by atoms with E-state index in [2.05, 4.69) is 33.4 Å². The van der Waals surface area contributed by atoms with Gasteiger partial charge in [-0.2, -0.15) is 5.10 Å². The Kier molecular flexibility index (Phi) is 4.95. The van der Waals surface area contributed by atoms with Gasteiger partial charge in [0.05, 0.1) is 29.0 Å². The lowest BCUT2D eigenvalue weighted by Gasteiger charge is -2.06. The smallest absolute Gasteiger partial charge is 0.0893 e. The molecule has 3 aromatic rings. The largest absolute Gasteiger partial charge is 0.269 e. The molecule has 0 unspecified atom stereocenters. The second-order valence-electron chi connectivity index (χ2n) is 5.49. The van der Waals surface area contributed by atoms with Crippen molar-refractivity contribution >= 4 is 23.8 Å². The van der Waals surface area contributed by atoms with Gasteiger partial charge >= 0.3 is 0 Å². The molecule has 1 aromatic carbocycles. The van der Waals surface area contributed by atoms with E-state index in [9.17, 15) is 0 Å². The van der Waals surface area contributed by atoms with Crippen LogP contribution < -0.4 is 0 Å². The van der Waals surface area contributed by atoms with E-state index in [-0.39, 0.29) is 0 Å². The molecule has 0 N–H and O–H groups in total. The third-order valence-electron chi connectivity index (χ3n) is 3.77. The van der Waals surface area contributed by atoms with Gasteiger partial charge in [-0.15, -0.1) is 0 Å². The summed E-state index contributed by atoms with van der Waals surface area (Å²) in [6.45, 7) is 9.86. The first-order valence-electron chi connectivity index (χ1n) is 7.93. The average Bonchev–Trinajstić information content (AvgIpc) is 3.08. The van der Waals surface area contributed by atoms with Crippen LogP contribution in [0.2, 0.25) is 0 Å². The van der Waals surface area contributed by atoms with Gasteiger partial charge in [0.15, 0.2) is 0 Å². The molecule has 0 amide bonds. The molecule has 2 heterocycles. The molecule has 25 heavy (non-hydrogen) atoms. The first-order chi connectivity index (χ1) is 12.2. The Morgan fingerprint density at radius 2 is 2.00 bits per heavy atom. The van der Waals surface area contributed by atoms with Crippen LogP contribution >= 0.6 is 0 Å². The molecule has 0 aliphatic carbocycles. The minimum atomic E-state index is 0.641. The van der Waals surface area contributed by atoms with Crippen LogP contribution in [0, 0.1) is 0 Å². The van der Waals surface area contributed by atoms with Crippen LogP contribution in [-0.2, 0) is 6.54 Å². The van der Waals surface area contributed by atoms with E-state index in [1.807, 2.05) is 54.1 Å². The maximum Gasteiger partial charge on any atom is 0.0893 e. The molecule has 5 nitrogen and oxygen atoms in total. The Morgan fingerprint density at radius 1 is 1.20 bits per heavy atom. The van der Waals surface area contributed by atoms with Crippen LogP contribution in [0.25, 0.3) is 28.4 Å². The number of nitrogens with zero attached hydrogens (tertiary/aromatic N) is 5. The summed E-state index contributed by atoms with van der Waals surface area (Å²) in [5, 5.41) is 4.58. The van der Waals surface area contributed by atoms with Crippen LogP contribution in [0.1, 0.15) is 12.6 Å². The van der Waals surface area contributed by atoms with E-state index in [1.54, 1.807) is 18.5 Å². The van der Waals surface area contributed by atoms with Crippen molar-refractivity contribution in [2.75, 3.05) is 0 Å². The van der Waals surface area contributed by atoms with Gasteiger partial charge in [-0.05, 0) is 44.0 Å². The molecular weight excluding hydrogens is 310 g/mol. The second kappa shape index (κ2) is 7.49. The van der Waals surface area contributed by atoms with Gasteiger partial charge in [0.1, 0.15) is 0 Å². The fourth-order valence-corrected chi connectivity index (χ4v) is 2.45. The summed E-state index contributed by atoms with van der Waals surface area (Å²) in [5.74, 6) is 0. The van der Waals surface area contributed by atoms with Crippen molar-refractivity contribution in [1.82, 2.24) is 19.7 Å². The van der Waals surface area contributed by atoms with Gasteiger partial charge < -0.3 is 0 Å². The first-order valence-corrected chi connectivity index (χ1v) is 7.93. The Bertz CT molecular complexity index is 979. The lowest BCUT2D eigenvalue weighted by atomic mass is 10.1. The fourth-order valence-electron chi connectivity index (χ4n) is 2.45. The molecule has 0 spiro atoms. The quantitative estimate of drug-likeness (QED) is 0.500. The van der Waals surface area contributed by atoms with Gasteiger partial charge in [-0.3, -0.25) is 19.6 Å². The van der Waals surface area contributed by atoms with Crippen molar-refractivity contribution in [3.8, 4) is 11.3 Å². The molecule has 0 aliphatic heterocycles. The highest BCUT2D eigenvalue weighted by atomic mass is 15.3. The monoisotopic (exact) mass is 329 g/mol. The minimum Gasteiger partial charge on any atom is -0.269 e. The second-order valence-corrected chi connectivity index (χ2v) is 5.49. The number of aromatic nitrogens is 4. The molecule has 0 aliphatic rings. The standard InChI is InChI=1S/C20H19N5/c1-4-17-14-20(25(24-17)12-6-5-7-15(2)21-3)16-8-9-18-19(13-16)23-11-10-22-18/h4-11,13-14H,1,3,12H2,2H3/b6-5-,15-7-. The van der Waals surface area contributed by atoms with Crippen molar-refractivity contribution in [3.05, 3.63) is 72.9 Å². The summed E-state index contributed by atoms with van der Waals surface area (Å²) < 4.78 is 1.94. The van der Waals surface area contributed by atoms with E-state index in [0.717, 1.165) is 33.7 Å². The molecule has 0 saturated carbocycles. The van der Waals surface area contributed by atoms with E-state index in [0.29, 0.717) is 6.54 Å². The summed E-state index contributed by atoms with van der Waals surface area (Å²) in [6.07, 6.45) is 11.0. The zero-order valence-corrected chi connectivity index (χ0v) is 14.1. The Morgan fingerprint density at radius 3 is 2.76 bits per heavy atom. The molecule has 0 saturated heterocycles. The highest BCUT2D eigenvalue weighted by Crippen LogP contribution is 2.24. The Balaban J connectivity index is 1.95. The first kappa shape index (κ1) is 16.5. The van der Waals surface area contributed by atoms with Gasteiger partial charge in [-0.1, -0.05) is 24.8 Å². The third kappa shape index (κ3) is 3.77. The number of rotatable bonds is 6. The summed E-state index contributed by atoms with van der Waals surface area (Å²) in [6, 6.07) is 8.05. The Hall–Kier alpha value is -3.34. The normalized spacial score (nSPS) is 12.0. The van der Waals surface area contributed by atoms with Gasteiger partial charge in [0, 0.05) is 23.7 Å². The van der Waals surface area contributed by atoms with E-state index in [4.69, 9.17) is 0 Å². The molecule has 0 bridgehead atoms. The average molecular weight is 329 g/mol. The summed E-state index contributed by atoms with van der Waals surface area (Å²) >= 11 is 0. The molecule has 5 heteroatoms. The molecule has 124 valence electrons. The molecule has 3 rings (SSSR count). The van der Waals surface area contributed by atoms with Crippen molar-refractivity contribution in [2.24, 2.45) is 4.99 Å². The molecule has 2 aromatic heterocycles. The number of benzene rings is 1. The molecular formula is C20H19N5. The lowest BCUT2D eigenvalue weighted by molar-refractivity contribution is 0.707. The number of allylic oxidation sites excluding steroid dienone is 4. The van der Waals surface area contributed by atoms with E-state index >= 15 is 0 Å². The highest BCUT2D eigenvalue weighted by Gasteiger charge is 2.09. The maximum absolute atomic E-state index is 4.58. The number of hydrogen-bond acceptors (Lipinski definition) is 4. The molecule has 0 fully saturated rings. The third-order valence-corrected chi connectivity index (χ3v) is 3.77. The molecule has 0 atom stereocenters.